The second-order valence-electron chi connectivity index (χ2n) is 10.3. The molecule has 8 nitrogen and oxygen atoms in total. The molecule has 0 fully saturated rings. The number of carboxylic acids is 1. The van der Waals surface area contributed by atoms with Gasteiger partial charge in [-0.05, 0) is 92.4 Å². The van der Waals surface area contributed by atoms with Crippen LogP contribution in [-0.2, 0) is 17.6 Å². The van der Waals surface area contributed by atoms with Crippen LogP contribution in [0, 0.1) is 0 Å². The lowest BCUT2D eigenvalue weighted by Gasteiger charge is -2.18. The van der Waals surface area contributed by atoms with Crippen molar-refractivity contribution in [1.29, 1.82) is 0 Å². The minimum absolute atomic E-state index is 0.0445. The summed E-state index contributed by atoms with van der Waals surface area (Å²) in [6.07, 6.45) is 5.79. The minimum atomic E-state index is -1.06. The molecule has 8 heteroatoms. The predicted molar refractivity (Wildman–Crippen MR) is 158 cm³/mol. The van der Waals surface area contributed by atoms with Crippen molar-refractivity contribution in [2.24, 2.45) is 0 Å². The number of aryl methyl sites for hydroxylation is 1. The first-order valence-electron chi connectivity index (χ1n) is 13.7. The first-order chi connectivity index (χ1) is 19.9. The summed E-state index contributed by atoms with van der Waals surface area (Å²) in [5.41, 5.74) is 6.00. The number of aromatic carboxylic acids is 1. The van der Waals surface area contributed by atoms with Gasteiger partial charge in [-0.2, -0.15) is 0 Å². The van der Waals surface area contributed by atoms with E-state index in [9.17, 15) is 14.4 Å². The van der Waals surface area contributed by atoms with Crippen molar-refractivity contribution in [2.75, 3.05) is 16.0 Å². The smallest absolute Gasteiger partial charge is 0.335 e. The average molecular weight is 548 g/mol. The van der Waals surface area contributed by atoms with Crippen LogP contribution in [0.3, 0.4) is 0 Å². The van der Waals surface area contributed by atoms with Gasteiger partial charge in [-0.1, -0.05) is 18.2 Å². The average Bonchev–Trinajstić information content (AvgIpc) is 3.50. The van der Waals surface area contributed by atoms with Crippen LogP contribution in [0.15, 0.2) is 77.2 Å². The van der Waals surface area contributed by atoms with Crippen LogP contribution in [0.2, 0.25) is 0 Å². The lowest BCUT2D eigenvalue weighted by molar-refractivity contribution is -0.110. The summed E-state index contributed by atoms with van der Waals surface area (Å²) < 4.78 is 6.39. The molecular weight excluding hydrogens is 518 g/mol. The van der Waals surface area contributed by atoms with Crippen LogP contribution in [0.1, 0.15) is 74.7 Å². The second-order valence-corrected chi connectivity index (χ2v) is 10.3. The molecule has 41 heavy (non-hydrogen) atoms. The van der Waals surface area contributed by atoms with Crippen molar-refractivity contribution in [3.63, 3.8) is 0 Å². The number of nitrogens with one attached hydrogen (secondary N) is 3. The fourth-order valence-electron chi connectivity index (χ4n) is 5.56. The Kier molecular flexibility index (Phi) is 6.89. The zero-order chi connectivity index (χ0) is 28.5. The van der Waals surface area contributed by atoms with Gasteiger partial charge in [-0.15, -0.1) is 0 Å². The van der Waals surface area contributed by atoms with E-state index in [1.807, 2.05) is 36.4 Å². The zero-order valence-corrected chi connectivity index (χ0v) is 22.5. The highest BCUT2D eigenvalue weighted by molar-refractivity contribution is 6.35. The molecule has 6 rings (SSSR count). The third-order valence-electron chi connectivity index (χ3n) is 7.56. The standard InChI is InChI=1S/C33H29N3O5/c1-19(34-22-7-3-2-4-8-22)30-24-9-5-6-10-28(24)41-29(30)18-26-25-17-23(15-16-27(25)36-32(26)38)35-31(37)20-11-13-21(14-12-20)33(39)40/h2-4,7-8,11-19,34H,5-6,9-10H2,1H3,(H,35,37)(H,36,38)(H,39,40). The first-order valence-corrected chi connectivity index (χ1v) is 13.7. The molecule has 1 atom stereocenters. The Bertz CT molecular complexity index is 1690. The highest BCUT2D eigenvalue weighted by Crippen LogP contribution is 2.40. The van der Waals surface area contributed by atoms with Crippen molar-refractivity contribution >= 4 is 46.5 Å². The van der Waals surface area contributed by atoms with Crippen molar-refractivity contribution in [3.8, 4) is 0 Å². The van der Waals surface area contributed by atoms with E-state index in [0.717, 1.165) is 42.7 Å². The van der Waals surface area contributed by atoms with Gasteiger partial charge >= 0.3 is 5.97 Å². The summed E-state index contributed by atoms with van der Waals surface area (Å²) in [7, 11) is 0. The van der Waals surface area contributed by atoms with E-state index in [1.54, 1.807) is 18.2 Å². The van der Waals surface area contributed by atoms with Crippen LogP contribution in [0.4, 0.5) is 17.1 Å². The number of benzene rings is 3. The molecule has 0 saturated heterocycles. The van der Waals surface area contributed by atoms with Crippen LogP contribution < -0.4 is 16.0 Å². The number of hydrogen-bond acceptors (Lipinski definition) is 5. The lowest BCUT2D eigenvalue weighted by Crippen LogP contribution is -2.12. The summed E-state index contributed by atoms with van der Waals surface area (Å²) >= 11 is 0. The van der Waals surface area contributed by atoms with E-state index >= 15 is 0 Å². The third-order valence-corrected chi connectivity index (χ3v) is 7.56. The molecule has 1 aliphatic heterocycles. The Morgan fingerprint density at radius 1 is 0.951 bits per heavy atom. The van der Waals surface area contributed by atoms with Crippen LogP contribution in [0.25, 0.3) is 11.6 Å². The highest BCUT2D eigenvalue weighted by Gasteiger charge is 2.29. The molecule has 2 amide bonds. The molecule has 1 aromatic heterocycles. The van der Waals surface area contributed by atoms with Crippen molar-refractivity contribution < 1.29 is 23.9 Å². The van der Waals surface area contributed by atoms with Crippen molar-refractivity contribution in [3.05, 3.63) is 112 Å². The number of anilines is 3. The van der Waals surface area contributed by atoms with E-state index in [1.165, 1.54) is 29.8 Å². The molecule has 2 aliphatic rings. The summed E-state index contributed by atoms with van der Waals surface area (Å²) in [5.74, 6) is -0.0340. The Morgan fingerprint density at radius 3 is 2.44 bits per heavy atom. The SMILES string of the molecule is CC(Nc1ccccc1)c1c(C=C2C(=O)Nc3ccc(NC(=O)c4ccc(C(=O)O)cc4)cc32)oc2c1CCCC2. The van der Waals surface area contributed by atoms with Gasteiger partial charge in [0, 0.05) is 40.2 Å². The van der Waals surface area contributed by atoms with Gasteiger partial charge in [0.15, 0.2) is 0 Å². The number of fused-ring (bicyclic) bond motifs is 2. The molecule has 4 aromatic rings. The Morgan fingerprint density at radius 2 is 1.68 bits per heavy atom. The summed E-state index contributed by atoms with van der Waals surface area (Å²) in [6, 6.07) is 20.9. The van der Waals surface area contributed by atoms with Gasteiger partial charge in [-0.25, -0.2) is 4.79 Å². The fraction of sp³-hybridized carbons (Fsp3) is 0.182. The number of furan rings is 1. The fourth-order valence-corrected chi connectivity index (χ4v) is 5.56. The van der Waals surface area contributed by atoms with Crippen molar-refractivity contribution in [1.82, 2.24) is 0 Å². The molecule has 1 unspecified atom stereocenters. The van der Waals surface area contributed by atoms with Gasteiger partial charge in [0.1, 0.15) is 11.5 Å². The predicted octanol–water partition coefficient (Wildman–Crippen LogP) is 6.77. The Labute approximate surface area is 237 Å². The normalized spacial score (nSPS) is 15.5. The van der Waals surface area contributed by atoms with Crippen LogP contribution in [-0.4, -0.2) is 22.9 Å². The largest absolute Gasteiger partial charge is 0.478 e. The maximum Gasteiger partial charge on any atom is 0.335 e. The Hall–Kier alpha value is -5.11. The molecule has 0 radical (unpaired) electrons. The monoisotopic (exact) mass is 547 g/mol. The second kappa shape index (κ2) is 10.8. The molecule has 2 heterocycles. The third kappa shape index (κ3) is 5.24. The first kappa shape index (κ1) is 26.1. The quantitative estimate of drug-likeness (QED) is 0.189. The number of para-hydroxylation sites is 1. The molecule has 0 saturated carbocycles. The maximum absolute atomic E-state index is 13.1. The van der Waals surface area contributed by atoms with Gasteiger partial charge in [0.2, 0.25) is 0 Å². The molecule has 1 aliphatic carbocycles. The molecule has 3 aromatic carbocycles. The summed E-state index contributed by atoms with van der Waals surface area (Å²) in [4.78, 5) is 37.1. The number of rotatable bonds is 7. The van der Waals surface area contributed by atoms with E-state index in [4.69, 9.17) is 9.52 Å². The number of carbonyl (C=O) groups excluding carboxylic acids is 2. The van der Waals surface area contributed by atoms with Crippen LogP contribution in [0.5, 0.6) is 0 Å². The minimum Gasteiger partial charge on any atom is -0.478 e. The van der Waals surface area contributed by atoms with E-state index in [2.05, 4.69) is 22.9 Å². The molecular formula is C33H29N3O5. The van der Waals surface area contributed by atoms with Gasteiger partial charge in [-0.3, -0.25) is 9.59 Å². The van der Waals surface area contributed by atoms with Crippen molar-refractivity contribution in [2.45, 2.75) is 38.6 Å². The lowest BCUT2D eigenvalue weighted by atomic mass is 9.91. The van der Waals surface area contributed by atoms with E-state index in [0.29, 0.717) is 33.8 Å². The molecule has 0 bridgehead atoms. The Balaban J connectivity index is 1.32. The molecule has 206 valence electrons. The number of amides is 2. The van der Waals surface area contributed by atoms with Crippen LogP contribution >= 0.6 is 0 Å². The topological polar surface area (TPSA) is 121 Å². The molecule has 0 spiro atoms. The number of carbonyl (C=O) groups is 3. The molecule has 4 N–H and O–H groups in total. The number of hydrogen-bond donors (Lipinski definition) is 4. The highest BCUT2D eigenvalue weighted by atomic mass is 16.4. The number of carboxylic acid groups (broad SMARTS) is 1. The van der Waals surface area contributed by atoms with Gasteiger partial charge < -0.3 is 25.5 Å². The van der Waals surface area contributed by atoms with E-state index in [-0.39, 0.29) is 23.4 Å². The van der Waals surface area contributed by atoms with Gasteiger partial charge in [0.25, 0.3) is 11.8 Å². The summed E-state index contributed by atoms with van der Waals surface area (Å²) in [5, 5.41) is 18.4. The maximum atomic E-state index is 13.1. The summed E-state index contributed by atoms with van der Waals surface area (Å²) in [6.45, 7) is 2.11. The zero-order valence-electron chi connectivity index (χ0n) is 22.5. The van der Waals surface area contributed by atoms with Gasteiger partial charge in [0.05, 0.1) is 17.2 Å². The van der Waals surface area contributed by atoms with E-state index < -0.39 is 5.97 Å².